The highest BCUT2D eigenvalue weighted by Gasteiger charge is 2.52. The van der Waals surface area contributed by atoms with Crippen molar-refractivity contribution in [1.82, 2.24) is 15.3 Å². The molecule has 180 valence electrons. The van der Waals surface area contributed by atoms with Crippen LogP contribution in [0.5, 0.6) is 0 Å². The molecule has 1 N–H and O–H groups in total. The van der Waals surface area contributed by atoms with E-state index in [0.29, 0.717) is 31.2 Å². The topological polar surface area (TPSA) is 88.2 Å². The van der Waals surface area contributed by atoms with Crippen LogP contribution >= 0.6 is 11.8 Å². The summed E-state index contributed by atoms with van der Waals surface area (Å²) in [6.07, 6.45) is 5.14. The number of hydrogen-bond acceptors (Lipinski definition) is 8. The van der Waals surface area contributed by atoms with Crippen LogP contribution in [0.15, 0.2) is 35.7 Å². The van der Waals surface area contributed by atoms with Gasteiger partial charge >= 0.3 is 11.9 Å². The first kappa shape index (κ1) is 23.9. The number of hydroxylamine groups is 2. The lowest BCUT2D eigenvalue weighted by molar-refractivity contribution is -0.195. The normalized spacial score (nSPS) is 31.3. The Labute approximate surface area is 199 Å². The Morgan fingerprint density at radius 2 is 2.12 bits per heavy atom. The molecule has 3 fully saturated rings. The predicted octanol–water partition coefficient (Wildman–Crippen LogP) is 3.08. The van der Waals surface area contributed by atoms with Gasteiger partial charge in [0.25, 0.3) is 0 Å². The molecule has 33 heavy (non-hydrogen) atoms. The van der Waals surface area contributed by atoms with Crippen molar-refractivity contribution < 1.29 is 24.0 Å². The molecule has 5 atom stereocenters. The maximum absolute atomic E-state index is 12.3. The van der Waals surface area contributed by atoms with E-state index in [9.17, 15) is 14.4 Å². The Morgan fingerprint density at radius 3 is 2.76 bits per heavy atom. The van der Waals surface area contributed by atoms with Crippen LogP contribution in [-0.2, 0) is 24.0 Å². The van der Waals surface area contributed by atoms with Crippen LogP contribution in [0.25, 0.3) is 0 Å². The van der Waals surface area contributed by atoms with Crippen molar-refractivity contribution in [3.63, 3.8) is 0 Å². The summed E-state index contributed by atoms with van der Waals surface area (Å²) in [5.41, 5.74) is 1.05. The molecule has 0 aromatic heterocycles. The first-order valence-electron chi connectivity index (χ1n) is 11.8. The lowest BCUT2D eigenvalue weighted by Crippen LogP contribution is -2.51. The number of esters is 1. The Bertz CT molecular complexity index is 887. The van der Waals surface area contributed by atoms with Crippen molar-refractivity contribution in [2.24, 2.45) is 11.8 Å². The molecular formula is C24H33N3O5S. The van der Waals surface area contributed by atoms with Gasteiger partial charge in [0.05, 0.1) is 17.4 Å². The van der Waals surface area contributed by atoms with E-state index in [1.165, 1.54) is 6.08 Å². The molecule has 4 unspecified atom stereocenters. The van der Waals surface area contributed by atoms with Crippen LogP contribution in [0.4, 0.5) is 0 Å². The number of carbonyl (C=O) groups is 3. The van der Waals surface area contributed by atoms with Crippen molar-refractivity contribution in [3.8, 4) is 0 Å². The molecule has 0 saturated carbocycles. The van der Waals surface area contributed by atoms with Gasteiger partial charge in [-0.3, -0.25) is 19.3 Å². The van der Waals surface area contributed by atoms with Gasteiger partial charge in [0.2, 0.25) is 11.8 Å². The van der Waals surface area contributed by atoms with Crippen molar-refractivity contribution in [1.29, 1.82) is 0 Å². The second-order valence-electron chi connectivity index (χ2n) is 9.18. The summed E-state index contributed by atoms with van der Waals surface area (Å²) in [5.74, 6) is 0.176. The summed E-state index contributed by atoms with van der Waals surface area (Å²) >= 11 is 1.65. The Kier molecular flexibility index (Phi) is 7.19. The van der Waals surface area contributed by atoms with E-state index < -0.39 is 5.97 Å². The highest BCUT2D eigenvalue weighted by Crippen LogP contribution is 2.50. The zero-order valence-corrected chi connectivity index (χ0v) is 20.2. The molecule has 8 nitrogen and oxygen atoms in total. The number of amides is 1. The summed E-state index contributed by atoms with van der Waals surface area (Å²) < 4.78 is 5.64. The molecule has 1 amide bonds. The van der Waals surface area contributed by atoms with E-state index in [1.807, 2.05) is 5.06 Å². The summed E-state index contributed by atoms with van der Waals surface area (Å²) in [4.78, 5) is 44.8. The van der Waals surface area contributed by atoms with Crippen molar-refractivity contribution in [3.05, 3.63) is 35.7 Å². The minimum atomic E-state index is -0.416. The molecule has 4 heterocycles. The zero-order valence-electron chi connectivity index (χ0n) is 19.4. The quantitative estimate of drug-likeness (QED) is 0.309. The van der Waals surface area contributed by atoms with Gasteiger partial charge in [0.15, 0.2) is 0 Å². The van der Waals surface area contributed by atoms with E-state index >= 15 is 0 Å². The van der Waals surface area contributed by atoms with Crippen LogP contribution in [0.1, 0.15) is 52.4 Å². The van der Waals surface area contributed by atoms with Gasteiger partial charge in [-0.1, -0.05) is 26.5 Å². The number of carbonyl (C=O) groups excluding carboxylic acids is 3. The van der Waals surface area contributed by atoms with E-state index in [2.05, 4.69) is 25.4 Å². The van der Waals surface area contributed by atoms with Gasteiger partial charge in [-0.2, -0.15) is 0 Å². The van der Waals surface area contributed by atoms with Gasteiger partial charge in [-0.15, -0.1) is 23.4 Å². The van der Waals surface area contributed by atoms with Gasteiger partial charge in [0.1, 0.15) is 0 Å². The second kappa shape index (κ2) is 9.93. The average Bonchev–Trinajstić information content (AvgIpc) is 3.39. The molecule has 0 radical (unpaired) electrons. The van der Waals surface area contributed by atoms with E-state index in [-0.39, 0.29) is 41.5 Å². The molecule has 9 heteroatoms. The van der Waals surface area contributed by atoms with E-state index in [4.69, 9.17) is 9.57 Å². The Morgan fingerprint density at radius 1 is 1.33 bits per heavy atom. The summed E-state index contributed by atoms with van der Waals surface area (Å²) in [6.45, 7) is 13.1. The lowest BCUT2D eigenvalue weighted by atomic mass is 9.94. The highest BCUT2D eigenvalue weighted by atomic mass is 32.2. The molecule has 0 bridgehead atoms. The maximum atomic E-state index is 12.3. The van der Waals surface area contributed by atoms with Crippen LogP contribution < -0.4 is 5.32 Å². The largest absolute Gasteiger partial charge is 0.408 e. The van der Waals surface area contributed by atoms with Gasteiger partial charge in [0, 0.05) is 54.8 Å². The van der Waals surface area contributed by atoms with Gasteiger partial charge in [-0.25, -0.2) is 0 Å². The third kappa shape index (κ3) is 4.84. The van der Waals surface area contributed by atoms with Crippen LogP contribution in [0.3, 0.4) is 0 Å². The number of β-lactam (4-membered cyclic amide) rings is 1. The van der Waals surface area contributed by atoms with Crippen LogP contribution in [-0.4, -0.2) is 58.2 Å². The fraction of sp³-hybridized carbons (Fsp3) is 0.625. The maximum Gasteiger partial charge on any atom is 0.324 e. The number of nitrogens with zero attached hydrogens (tertiary/aromatic N) is 2. The molecule has 0 aliphatic carbocycles. The fourth-order valence-electron chi connectivity index (χ4n) is 5.06. The number of nitrogens with one attached hydrogen (secondary N) is 1. The van der Waals surface area contributed by atoms with Crippen molar-refractivity contribution in [2.75, 3.05) is 13.1 Å². The summed E-state index contributed by atoms with van der Waals surface area (Å²) in [5, 5.41) is 5.30. The van der Waals surface area contributed by atoms with E-state index in [0.717, 1.165) is 36.4 Å². The number of hydrogen-bond donors (Lipinski definition) is 1. The molecule has 0 aromatic carbocycles. The second-order valence-corrected chi connectivity index (χ2v) is 10.5. The number of thioether (sulfide) groups is 1. The average molecular weight is 476 g/mol. The van der Waals surface area contributed by atoms with Crippen LogP contribution in [0, 0.1) is 11.8 Å². The number of allylic oxidation sites excluding steroid dienone is 1. The summed E-state index contributed by atoms with van der Waals surface area (Å²) in [7, 11) is 0. The minimum absolute atomic E-state index is 0.0149. The molecular weight excluding hydrogens is 442 g/mol. The fourth-order valence-corrected chi connectivity index (χ4v) is 6.57. The Balaban J connectivity index is 1.51. The molecule has 0 aromatic rings. The van der Waals surface area contributed by atoms with Gasteiger partial charge in [-0.05, 0) is 19.3 Å². The molecule has 0 spiro atoms. The highest BCUT2D eigenvalue weighted by molar-refractivity contribution is 8.03. The molecule has 3 saturated heterocycles. The van der Waals surface area contributed by atoms with Crippen LogP contribution in [0.2, 0.25) is 0 Å². The summed E-state index contributed by atoms with van der Waals surface area (Å²) in [6, 6.07) is 0.146. The van der Waals surface area contributed by atoms with Crippen molar-refractivity contribution in [2.45, 2.75) is 69.7 Å². The third-order valence-electron chi connectivity index (χ3n) is 6.95. The third-order valence-corrected chi connectivity index (χ3v) is 8.42. The molecule has 4 aliphatic rings. The number of fused-ring (bicyclic) bond motifs is 1. The van der Waals surface area contributed by atoms with Gasteiger partial charge < -0.3 is 14.9 Å². The monoisotopic (exact) mass is 475 g/mol. The number of ether oxygens (including phenoxy) is 1. The minimum Gasteiger partial charge on any atom is -0.408 e. The Hall–Kier alpha value is -2.26. The van der Waals surface area contributed by atoms with E-state index in [1.54, 1.807) is 23.6 Å². The molecule has 4 aliphatic heterocycles. The first-order valence-corrected chi connectivity index (χ1v) is 12.6. The van der Waals surface area contributed by atoms with Crippen molar-refractivity contribution >= 4 is 29.6 Å². The smallest absolute Gasteiger partial charge is 0.324 e. The molecule has 4 rings (SSSR count). The lowest BCUT2D eigenvalue weighted by Gasteiger charge is -2.37. The first-order chi connectivity index (χ1) is 15.8. The predicted molar refractivity (Wildman–Crippen MR) is 125 cm³/mol. The zero-order chi connectivity index (χ0) is 23.7. The number of rotatable bonds is 9. The standard InChI is InChI=1S/C24H33N3O5S/c1-5-7-22(30)31-24-23(14(3)19-12-20(28)27(19)24)33-18-11-17(10-16-8-9-25-15(16)4)26(13-18)32-21(29)6-2/h5,14,16-19,25H,1,4,6-13H2,2-3H3/t14?,16?,17-,18?,19?/m1/s1. The SMILES string of the molecule is C=CCC(=O)OC1=C(SC2C[C@@H](CC3CCNC3=C)N(OC(=O)CC)C2)C(C)C2CC(=O)N12.